The Morgan fingerprint density at radius 2 is 1.55 bits per heavy atom. The average molecular weight is 926 g/mol. The number of amides is 4. The summed E-state index contributed by atoms with van der Waals surface area (Å²) in [6, 6.07) is 20.1. The van der Waals surface area contributed by atoms with E-state index < -0.39 is 23.8 Å². The first-order valence-electron chi connectivity index (χ1n) is 23.7. The van der Waals surface area contributed by atoms with Crippen LogP contribution in [0.2, 0.25) is 0 Å². The number of fused-ring (bicyclic) bond motifs is 1. The van der Waals surface area contributed by atoms with Crippen LogP contribution in [0.25, 0.3) is 22.0 Å². The summed E-state index contributed by atoms with van der Waals surface area (Å²) in [6.07, 6.45) is 7.21. The number of thiazole rings is 1. The van der Waals surface area contributed by atoms with E-state index in [-0.39, 0.29) is 42.6 Å². The summed E-state index contributed by atoms with van der Waals surface area (Å²) >= 11 is 1.56. The molecular formula is C51H67N5O9S. The van der Waals surface area contributed by atoms with Crippen molar-refractivity contribution in [3.63, 3.8) is 0 Å². The highest BCUT2D eigenvalue weighted by molar-refractivity contribution is 7.10. The molecule has 1 saturated carbocycles. The number of likely N-dealkylation sites (N-methyl/N-ethyl adjacent to an activating group) is 1. The predicted molar refractivity (Wildman–Crippen MR) is 254 cm³/mol. The van der Waals surface area contributed by atoms with Crippen LogP contribution >= 0.6 is 11.3 Å². The maximum atomic E-state index is 14.6. The first-order valence-corrected chi connectivity index (χ1v) is 24.6. The molecule has 2 saturated heterocycles. The molecule has 66 heavy (non-hydrogen) atoms. The molecule has 3 fully saturated rings. The van der Waals surface area contributed by atoms with Crippen molar-refractivity contribution in [2.45, 2.75) is 122 Å². The smallest absolute Gasteiger partial charge is 0.410 e. The largest absolute Gasteiger partial charge is 0.491 e. The Labute approximate surface area is 393 Å². The number of carbonyl (C=O) groups excluding carboxylic acids is 4. The second kappa shape index (κ2) is 23.0. The van der Waals surface area contributed by atoms with E-state index in [4.69, 9.17) is 28.7 Å². The average Bonchev–Trinajstić information content (AvgIpc) is 4.03. The monoisotopic (exact) mass is 925 g/mol. The number of benzene rings is 3. The Kier molecular flexibility index (Phi) is 16.9. The van der Waals surface area contributed by atoms with Gasteiger partial charge in [-0.2, -0.15) is 0 Å². The van der Waals surface area contributed by atoms with Gasteiger partial charge < -0.3 is 38.8 Å². The van der Waals surface area contributed by atoms with Crippen LogP contribution in [-0.4, -0.2) is 121 Å². The normalized spacial score (nSPS) is 18.2. The van der Waals surface area contributed by atoms with Crippen LogP contribution in [0.4, 0.5) is 9.59 Å². The van der Waals surface area contributed by atoms with Crippen molar-refractivity contribution in [3.8, 4) is 17.0 Å². The van der Waals surface area contributed by atoms with Gasteiger partial charge in [0.2, 0.25) is 11.8 Å². The van der Waals surface area contributed by atoms with Gasteiger partial charge in [0.1, 0.15) is 41.7 Å². The maximum absolute atomic E-state index is 14.6. The summed E-state index contributed by atoms with van der Waals surface area (Å²) in [5.74, 6) is 0.317. The number of rotatable bonds is 17. The Bertz CT molecular complexity index is 2230. The van der Waals surface area contributed by atoms with E-state index in [0.717, 1.165) is 96.1 Å². The molecule has 3 aromatic carbocycles. The third kappa shape index (κ3) is 12.8. The lowest BCUT2D eigenvalue weighted by molar-refractivity contribution is -0.140. The standard InChI is InChI=1S/C51H67N5O9S/c1-35(54(5)49(59)65-51(2,3)4)46(57)53-45(37-17-10-7-11-18-37)48(58)56-26-14-21-43(56)47-52-42(34-66-47)40-22-23-44(41-20-13-12-19-39(40)41)63-32-30-61-29-31-62-38-24-27-55(28-25-38)50(60)64-33-36-15-8-6-9-16-36/h6,8-9,12-13,15-16,19-20,22-23,34-35,37-38,43,45H,7,10-11,14,17-18,21,24-33H2,1-5H3,(H,53,57)/t35?,43-,45?/m0/s1. The summed E-state index contributed by atoms with van der Waals surface area (Å²) < 4.78 is 29.2. The summed E-state index contributed by atoms with van der Waals surface area (Å²) in [6.45, 7) is 10.8. The van der Waals surface area contributed by atoms with E-state index in [9.17, 15) is 19.2 Å². The fourth-order valence-electron chi connectivity index (χ4n) is 9.04. The van der Waals surface area contributed by atoms with E-state index in [1.165, 1.54) is 4.90 Å². The first kappa shape index (κ1) is 48.7. The molecule has 1 aromatic heterocycles. The van der Waals surface area contributed by atoms with Gasteiger partial charge in [0.05, 0.1) is 37.7 Å². The number of aromatic nitrogens is 1. The number of hydrogen-bond acceptors (Lipinski definition) is 11. The van der Waals surface area contributed by atoms with Crippen LogP contribution in [-0.2, 0) is 35.1 Å². The number of piperidine rings is 1. The number of nitrogens with zero attached hydrogens (tertiary/aromatic N) is 4. The van der Waals surface area contributed by atoms with E-state index in [1.54, 1.807) is 51.0 Å². The van der Waals surface area contributed by atoms with Crippen molar-refractivity contribution in [1.29, 1.82) is 0 Å². The Hall–Kier alpha value is -5.25. The van der Waals surface area contributed by atoms with E-state index in [0.29, 0.717) is 46.1 Å². The second-order valence-electron chi connectivity index (χ2n) is 18.6. The molecule has 15 heteroatoms. The summed E-state index contributed by atoms with van der Waals surface area (Å²) in [4.78, 5) is 63.8. The molecule has 7 rings (SSSR count). The number of hydrogen-bond donors (Lipinski definition) is 1. The third-order valence-corrected chi connectivity index (χ3v) is 13.7. The lowest BCUT2D eigenvalue weighted by Gasteiger charge is -2.36. The molecule has 4 aromatic rings. The maximum Gasteiger partial charge on any atom is 0.410 e. The molecule has 0 spiro atoms. The topological polar surface area (TPSA) is 149 Å². The van der Waals surface area contributed by atoms with Crippen LogP contribution in [0, 0.1) is 5.92 Å². The Morgan fingerprint density at radius 3 is 2.29 bits per heavy atom. The third-order valence-electron chi connectivity index (χ3n) is 12.8. The molecule has 3 heterocycles. The minimum absolute atomic E-state index is 0.0148. The van der Waals surface area contributed by atoms with Gasteiger partial charge >= 0.3 is 12.2 Å². The molecule has 2 aliphatic heterocycles. The van der Waals surface area contributed by atoms with E-state index >= 15 is 0 Å². The van der Waals surface area contributed by atoms with Crippen LogP contribution < -0.4 is 10.1 Å². The fourth-order valence-corrected chi connectivity index (χ4v) is 10.0. The highest BCUT2D eigenvalue weighted by Gasteiger charge is 2.41. The predicted octanol–water partition coefficient (Wildman–Crippen LogP) is 9.16. The SMILES string of the molecule is CC(C(=O)NC(C(=O)N1CCC[C@H]1c1nc(-c2ccc(OCCOCCOC3CCN(C(=O)OCc4ccccc4)CC3)c3ccccc23)cs1)C1CCCCC1)N(C)C(=O)OC(C)(C)C. The molecule has 3 atom stereocenters. The Balaban J connectivity index is 0.901. The molecule has 1 aliphatic carbocycles. The van der Waals surface area contributed by atoms with Crippen LogP contribution in [0.5, 0.6) is 5.75 Å². The zero-order chi connectivity index (χ0) is 46.6. The van der Waals surface area contributed by atoms with Crippen LogP contribution in [0.1, 0.15) is 102 Å². The van der Waals surface area contributed by atoms with Crippen molar-refractivity contribution < 1.29 is 42.9 Å². The molecule has 14 nitrogen and oxygen atoms in total. The van der Waals surface area contributed by atoms with Gasteiger partial charge in [-0.15, -0.1) is 11.3 Å². The van der Waals surface area contributed by atoms with Gasteiger partial charge in [-0.3, -0.25) is 14.5 Å². The summed E-state index contributed by atoms with van der Waals surface area (Å²) in [7, 11) is 1.55. The molecule has 4 amide bonds. The zero-order valence-electron chi connectivity index (χ0n) is 39.2. The fraction of sp³-hybridized carbons (Fsp3) is 0.549. The number of likely N-dealkylation sites (tertiary alicyclic amines) is 2. The highest BCUT2D eigenvalue weighted by Crippen LogP contribution is 2.40. The van der Waals surface area contributed by atoms with Crippen molar-refractivity contribution in [2.24, 2.45) is 5.92 Å². The van der Waals surface area contributed by atoms with E-state index in [2.05, 4.69) is 16.8 Å². The molecule has 0 radical (unpaired) electrons. The number of carbonyl (C=O) groups is 4. The number of nitrogens with one attached hydrogen (secondary N) is 1. The highest BCUT2D eigenvalue weighted by atomic mass is 32.1. The second-order valence-corrected chi connectivity index (χ2v) is 19.5. The summed E-state index contributed by atoms with van der Waals surface area (Å²) in [5, 5.41) is 8.03. The summed E-state index contributed by atoms with van der Waals surface area (Å²) in [5.41, 5.74) is 2.09. The number of ether oxygens (including phenoxy) is 5. The molecule has 356 valence electrons. The van der Waals surface area contributed by atoms with Crippen molar-refractivity contribution in [1.82, 2.24) is 25.0 Å². The molecule has 2 unspecified atom stereocenters. The molecule has 3 aliphatic rings. The van der Waals surface area contributed by atoms with Crippen LogP contribution in [0.3, 0.4) is 0 Å². The first-order chi connectivity index (χ1) is 31.9. The van der Waals surface area contributed by atoms with Crippen molar-refractivity contribution in [2.75, 3.05) is 53.1 Å². The Morgan fingerprint density at radius 1 is 0.833 bits per heavy atom. The van der Waals surface area contributed by atoms with Gasteiger partial charge in [-0.25, -0.2) is 14.6 Å². The molecular weight excluding hydrogens is 859 g/mol. The van der Waals surface area contributed by atoms with Gasteiger partial charge in [0.15, 0.2) is 0 Å². The van der Waals surface area contributed by atoms with Crippen molar-refractivity contribution >= 4 is 46.1 Å². The van der Waals surface area contributed by atoms with Gasteiger partial charge in [0, 0.05) is 43.0 Å². The lowest BCUT2D eigenvalue weighted by atomic mass is 9.83. The van der Waals surface area contributed by atoms with Crippen LogP contribution in [0.15, 0.2) is 72.1 Å². The minimum atomic E-state index is -0.826. The molecule has 1 N–H and O–H groups in total. The minimum Gasteiger partial charge on any atom is -0.491 e. The molecule has 0 bridgehead atoms. The van der Waals surface area contributed by atoms with Gasteiger partial charge in [0.25, 0.3) is 0 Å². The van der Waals surface area contributed by atoms with Crippen molar-refractivity contribution in [3.05, 3.63) is 82.7 Å². The zero-order valence-corrected chi connectivity index (χ0v) is 40.0. The quantitative estimate of drug-likeness (QED) is 0.102. The van der Waals surface area contributed by atoms with Gasteiger partial charge in [-0.05, 0) is 95.2 Å². The van der Waals surface area contributed by atoms with E-state index in [1.807, 2.05) is 65.6 Å². The van der Waals surface area contributed by atoms with Gasteiger partial charge in [-0.1, -0.05) is 73.9 Å². The lowest BCUT2D eigenvalue weighted by Crippen LogP contribution is -2.56.